The second-order valence-corrected chi connectivity index (χ2v) is 5.35. The number of carbonyl (C=O) groups excluding carboxylic acids is 2. The summed E-state index contributed by atoms with van der Waals surface area (Å²) in [6, 6.07) is 7.66. The number of aromatic carboxylic acids is 1. The van der Waals surface area contributed by atoms with Crippen LogP contribution in [0.25, 0.3) is 11.1 Å². The zero-order chi connectivity index (χ0) is 18.0. The van der Waals surface area contributed by atoms with Crippen LogP contribution in [0, 0.1) is 0 Å². The number of imide groups is 1. The van der Waals surface area contributed by atoms with E-state index in [0.717, 1.165) is 0 Å². The number of carboxylic acids is 1. The van der Waals surface area contributed by atoms with E-state index in [1.54, 1.807) is 6.07 Å². The number of carbonyl (C=O) groups is 3. The van der Waals surface area contributed by atoms with Gasteiger partial charge in [0.2, 0.25) is 0 Å². The van der Waals surface area contributed by atoms with Crippen molar-refractivity contribution in [3.8, 4) is 0 Å². The van der Waals surface area contributed by atoms with Gasteiger partial charge in [-0.15, -0.1) is 0 Å². The fourth-order valence-corrected chi connectivity index (χ4v) is 2.36. The minimum atomic E-state index is -1.18. The molecule has 0 radical (unpaired) electrons. The van der Waals surface area contributed by atoms with Gasteiger partial charge in [0.15, 0.2) is 12.0 Å². The molecular weight excluding hydrogens is 373 g/mol. The number of benzene rings is 2. The standard InChI is InChI=1S/C16H10ClN3O5.Na.H/c17-11-6-9(2-3-10(11)15(22)23)19-16(24)20-14(21)8-1-4-12-13(5-8)25-7-18-12;;/h1-7H,(H,22,23)(H2,19,20,21,24);;. The predicted molar refractivity (Wildman–Crippen MR) is 96.1 cm³/mol. The second kappa shape index (κ2) is 8.33. The fourth-order valence-electron chi connectivity index (χ4n) is 2.10. The molecule has 3 amide bonds. The Kier molecular flexibility index (Phi) is 6.38. The van der Waals surface area contributed by atoms with Crippen LogP contribution in [0.3, 0.4) is 0 Å². The Morgan fingerprint density at radius 1 is 1.12 bits per heavy atom. The molecule has 0 spiro atoms. The number of anilines is 1. The molecule has 0 saturated heterocycles. The third-order valence-electron chi connectivity index (χ3n) is 3.28. The summed E-state index contributed by atoms with van der Waals surface area (Å²) in [6.45, 7) is 0. The molecular formula is C16H11ClN3NaO5. The van der Waals surface area contributed by atoms with Gasteiger partial charge < -0.3 is 14.8 Å². The Bertz CT molecular complexity index is 1000. The number of urea groups is 1. The van der Waals surface area contributed by atoms with Crippen LogP contribution < -0.4 is 10.6 Å². The van der Waals surface area contributed by atoms with Crippen molar-refractivity contribution in [3.05, 3.63) is 58.9 Å². The van der Waals surface area contributed by atoms with Crippen LogP contribution in [0.1, 0.15) is 20.7 Å². The van der Waals surface area contributed by atoms with E-state index in [1.165, 1.54) is 36.7 Å². The molecule has 3 N–H and O–H groups in total. The molecule has 128 valence electrons. The van der Waals surface area contributed by atoms with Gasteiger partial charge in [-0.1, -0.05) is 11.6 Å². The van der Waals surface area contributed by atoms with Crippen molar-refractivity contribution < 1.29 is 23.9 Å². The van der Waals surface area contributed by atoms with Gasteiger partial charge in [-0.3, -0.25) is 10.1 Å². The van der Waals surface area contributed by atoms with Crippen LogP contribution in [-0.2, 0) is 0 Å². The number of halogens is 1. The van der Waals surface area contributed by atoms with E-state index in [1.807, 2.05) is 0 Å². The molecule has 8 nitrogen and oxygen atoms in total. The average molecular weight is 384 g/mol. The van der Waals surface area contributed by atoms with E-state index in [9.17, 15) is 14.4 Å². The molecule has 10 heteroatoms. The van der Waals surface area contributed by atoms with Gasteiger partial charge in [0, 0.05) is 11.3 Å². The van der Waals surface area contributed by atoms with E-state index in [-0.39, 0.29) is 51.4 Å². The Morgan fingerprint density at radius 3 is 2.58 bits per heavy atom. The van der Waals surface area contributed by atoms with Crippen LogP contribution >= 0.6 is 11.6 Å². The van der Waals surface area contributed by atoms with Gasteiger partial charge in [-0.25, -0.2) is 14.6 Å². The van der Waals surface area contributed by atoms with Crippen molar-refractivity contribution in [3.63, 3.8) is 0 Å². The summed E-state index contributed by atoms with van der Waals surface area (Å²) in [7, 11) is 0. The number of hydrogen-bond donors (Lipinski definition) is 3. The van der Waals surface area contributed by atoms with Gasteiger partial charge in [0.1, 0.15) is 5.52 Å². The van der Waals surface area contributed by atoms with E-state index >= 15 is 0 Å². The van der Waals surface area contributed by atoms with Crippen LogP contribution in [0.5, 0.6) is 0 Å². The molecule has 2 aromatic carbocycles. The predicted octanol–water partition coefficient (Wildman–Crippen LogP) is 2.49. The SMILES string of the molecule is O=C(NC(=O)c1ccc2ncoc2c1)Nc1ccc(C(=O)O)c(Cl)c1.[NaH]. The van der Waals surface area contributed by atoms with Crippen molar-refractivity contribution in [1.29, 1.82) is 0 Å². The van der Waals surface area contributed by atoms with Crippen LogP contribution in [-0.4, -0.2) is 57.6 Å². The normalized spacial score (nSPS) is 10.0. The van der Waals surface area contributed by atoms with Gasteiger partial charge in [-0.05, 0) is 36.4 Å². The minimum absolute atomic E-state index is 0. The Labute approximate surface area is 173 Å². The monoisotopic (exact) mass is 383 g/mol. The first-order valence-corrected chi connectivity index (χ1v) is 7.30. The Hall–Kier alpha value is -2.39. The Morgan fingerprint density at radius 2 is 1.88 bits per heavy atom. The maximum absolute atomic E-state index is 12.1. The van der Waals surface area contributed by atoms with Crippen molar-refractivity contribution in [2.75, 3.05) is 5.32 Å². The first-order chi connectivity index (χ1) is 11.9. The maximum atomic E-state index is 12.1. The van der Waals surface area contributed by atoms with Crippen LogP contribution in [0.15, 0.2) is 47.2 Å². The first-order valence-electron chi connectivity index (χ1n) is 6.92. The zero-order valence-corrected chi connectivity index (χ0v) is 13.2. The van der Waals surface area contributed by atoms with Crippen molar-refractivity contribution in [2.24, 2.45) is 0 Å². The van der Waals surface area contributed by atoms with E-state index in [4.69, 9.17) is 21.1 Å². The van der Waals surface area contributed by atoms with E-state index in [0.29, 0.717) is 11.1 Å². The molecule has 3 rings (SSSR count). The van der Waals surface area contributed by atoms with Gasteiger partial charge >= 0.3 is 41.6 Å². The molecule has 0 aliphatic rings. The summed E-state index contributed by atoms with van der Waals surface area (Å²) in [6.07, 6.45) is 1.25. The number of fused-ring (bicyclic) bond motifs is 1. The van der Waals surface area contributed by atoms with Crippen LogP contribution in [0.4, 0.5) is 10.5 Å². The number of hydrogen-bond acceptors (Lipinski definition) is 5. The summed E-state index contributed by atoms with van der Waals surface area (Å²) in [5.74, 6) is -1.82. The fraction of sp³-hybridized carbons (Fsp3) is 0. The molecule has 0 saturated carbocycles. The molecule has 0 aliphatic heterocycles. The quantitative estimate of drug-likeness (QED) is 0.597. The van der Waals surface area contributed by atoms with Gasteiger partial charge in [0.05, 0.1) is 10.6 Å². The zero-order valence-electron chi connectivity index (χ0n) is 12.4. The molecule has 1 aromatic heterocycles. The molecule has 26 heavy (non-hydrogen) atoms. The van der Waals surface area contributed by atoms with E-state index in [2.05, 4.69) is 15.6 Å². The molecule has 0 unspecified atom stereocenters. The summed E-state index contributed by atoms with van der Waals surface area (Å²) in [4.78, 5) is 38.8. The molecule has 1 heterocycles. The third-order valence-corrected chi connectivity index (χ3v) is 3.59. The number of aromatic nitrogens is 1. The van der Waals surface area contributed by atoms with Crippen molar-refractivity contribution >= 4 is 75.9 Å². The Balaban J connectivity index is 0.00000243. The molecule has 0 atom stereocenters. The van der Waals surface area contributed by atoms with Crippen molar-refractivity contribution in [1.82, 2.24) is 10.3 Å². The first kappa shape index (κ1) is 19.9. The summed E-state index contributed by atoms with van der Waals surface area (Å²) >= 11 is 5.82. The molecule has 0 fully saturated rings. The number of nitrogens with one attached hydrogen (secondary N) is 2. The number of rotatable bonds is 3. The second-order valence-electron chi connectivity index (χ2n) is 4.94. The molecule has 3 aromatic rings. The van der Waals surface area contributed by atoms with E-state index < -0.39 is 17.9 Å². The molecule has 0 aliphatic carbocycles. The van der Waals surface area contributed by atoms with Gasteiger partial charge in [-0.2, -0.15) is 0 Å². The number of carboxylic acid groups (broad SMARTS) is 1. The van der Waals surface area contributed by atoms with Crippen LogP contribution in [0.2, 0.25) is 5.02 Å². The number of oxazole rings is 1. The number of nitrogens with zero attached hydrogens (tertiary/aromatic N) is 1. The average Bonchev–Trinajstić information content (AvgIpc) is 3.01. The van der Waals surface area contributed by atoms with Crippen molar-refractivity contribution in [2.45, 2.75) is 0 Å². The third kappa shape index (κ3) is 4.41. The summed E-state index contributed by atoms with van der Waals surface area (Å²) < 4.78 is 5.10. The topological polar surface area (TPSA) is 122 Å². The summed E-state index contributed by atoms with van der Waals surface area (Å²) in [5, 5.41) is 13.4. The summed E-state index contributed by atoms with van der Waals surface area (Å²) in [5.41, 5.74) is 1.38. The molecule has 0 bridgehead atoms. The van der Waals surface area contributed by atoms with Gasteiger partial charge in [0.25, 0.3) is 5.91 Å². The number of amides is 3.